The summed E-state index contributed by atoms with van der Waals surface area (Å²) in [5, 5.41) is 20.0. The molecule has 0 aliphatic heterocycles. The number of nitriles is 1. The minimum atomic E-state index is -4.56. The van der Waals surface area contributed by atoms with Gasteiger partial charge in [0.05, 0.1) is 6.07 Å². The number of alkyl halides is 3. The Morgan fingerprint density at radius 3 is 2.46 bits per heavy atom. The Labute approximate surface area is 153 Å². The van der Waals surface area contributed by atoms with E-state index in [2.05, 4.69) is 19.1 Å². The minimum absolute atomic E-state index is 0.0169. The average molecular weight is 367 g/mol. The van der Waals surface area contributed by atoms with Crippen LogP contribution in [0.1, 0.15) is 65.2 Å². The summed E-state index contributed by atoms with van der Waals surface area (Å²) in [7, 11) is 0. The second kappa shape index (κ2) is 5.50. The smallest absolute Gasteiger partial charge is 0.380 e. The maximum absolute atomic E-state index is 13.7. The van der Waals surface area contributed by atoms with Crippen LogP contribution in [0.15, 0.2) is 11.6 Å². The molecule has 0 aromatic rings. The van der Waals surface area contributed by atoms with E-state index in [1.165, 1.54) is 0 Å². The summed E-state index contributed by atoms with van der Waals surface area (Å²) in [6.45, 7) is 3.96. The Morgan fingerprint density at radius 2 is 1.81 bits per heavy atom. The molecular weight excluding hydrogens is 339 g/mol. The number of halogens is 3. The molecule has 144 valence electrons. The second-order valence-corrected chi connectivity index (χ2v) is 9.76. The van der Waals surface area contributed by atoms with Crippen LogP contribution in [0.2, 0.25) is 0 Å². The van der Waals surface area contributed by atoms with Crippen LogP contribution in [0.5, 0.6) is 0 Å². The first-order valence-electron chi connectivity index (χ1n) is 9.95. The molecule has 0 saturated heterocycles. The lowest BCUT2D eigenvalue weighted by Crippen LogP contribution is -2.60. The molecule has 4 aliphatic rings. The normalized spacial score (nSPS) is 50.9. The summed E-state index contributed by atoms with van der Waals surface area (Å²) in [6.07, 6.45) is 2.67. The SMILES string of the molecule is C[C@]12CCC3C(CC[C@@H]4CC=C(C#N)C[C@]34C)C1CC[C@@]2(O)C(F)(F)F. The number of nitrogens with zero attached hydrogens (tertiary/aromatic N) is 1. The zero-order valence-corrected chi connectivity index (χ0v) is 15.6. The van der Waals surface area contributed by atoms with E-state index < -0.39 is 17.2 Å². The van der Waals surface area contributed by atoms with Crippen molar-refractivity contribution in [2.24, 2.45) is 34.5 Å². The molecule has 7 atom stereocenters. The molecular formula is C21H28F3NO. The van der Waals surface area contributed by atoms with Crippen molar-refractivity contribution in [1.82, 2.24) is 0 Å². The van der Waals surface area contributed by atoms with Gasteiger partial charge in [0.1, 0.15) is 0 Å². The van der Waals surface area contributed by atoms with Crippen LogP contribution in [0, 0.1) is 45.8 Å². The van der Waals surface area contributed by atoms with E-state index in [1.54, 1.807) is 6.92 Å². The maximum Gasteiger partial charge on any atom is 0.417 e. The van der Waals surface area contributed by atoms with Gasteiger partial charge in [-0.05, 0) is 80.5 Å². The maximum atomic E-state index is 13.7. The predicted molar refractivity (Wildman–Crippen MR) is 91.8 cm³/mol. The highest BCUT2D eigenvalue weighted by atomic mass is 19.4. The third-order valence-corrected chi connectivity index (χ3v) is 9.05. The first-order valence-corrected chi connectivity index (χ1v) is 9.95. The van der Waals surface area contributed by atoms with Crippen molar-refractivity contribution in [3.05, 3.63) is 11.6 Å². The average Bonchev–Trinajstić information content (AvgIpc) is 2.86. The highest BCUT2D eigenvalue weighted by molar-refractivity contribution is 5.27. The van der Waals surface area contributed by atoms with Crippen LogP contribution < -0.4 is 0 Å². The molecule has 0 bridgehead atoms. The van der Waals surface area contributed by atoms with Gasteiger partial charge in [0.15, 0.2) is 5.60 Å². The lowest BCUT2D eigenvalue weighted by molar-refractivity contribution is -0.304. The van der Waals surface area contributed by atoms with Gasteiger partial charge >= 0.3 is 6.18 Å². The minimum Gasteiger partial charge on any atom is -0.380 e. The molecule has 5 heteroatoms. The summed E-state index contributed by atoms with van der Waals surface area (Å²) in [5.74, 6) is 1.08. The van der Waals surface area contributed by atoms with Crippen LogP contribution in [0.4, 0.5) is 13.2 Å². The van der Waals surface area contributed by atoms with Crippen molar-refractivity contribution < 1.29 is 18.3 Å². The molecule has 4 aliphatic carbocycles. The zero-order valence-electron chi connectivity index (χ0n) is 15.6. The molecule has 3 saturated carbocycles. The highest BCUT2D eigenvalue weighted by Gasteiger charge is 2.72. The fourth-order valence-corrected chi connectivity index (χ4v) is 7.53. The van der Waals surface area contributed by atoms with E-state index in [1.807, 2.05) is 0 Å². The summed E-state index contributed by atoms with van der Waals surface area (Å²) in [4.78, 5) is 0. The van der Waals surface area contributed by atoms with Gasteiger partial charge in [-0.2, -0.15) is 18.4 Å². The zero-order chi connectivity index (χ0) is 19.0. The molecule has 0 aromatic heterocycles. The summed E-state index contributed by atoms with van der Waals surface area (Å²) >= 11 is 0. The van der Waals surface area contributed by atoms with Crippen molar-refractivity contribution in [1.29, 1.82) is 5.26 Å². The molecule has 1 N–H and O–H groups in total. The van der Waals surface area contributed by atoms with Gasteiger partial charge in [-0.1, -0.05) is 19.9 Å². The fraction of sp³-hybridized carbons (Fsp3) is 0.857. The van der Waals surface area contributed by atoms with Gasteiger partial charge in [-0.15, -0.1) is 0 Å². The summed E-state index contributed by atoms with van der Waals surface area (Å²) in [6, 6.07) is 2.32. The Bertz CT molecular complexity index is 680. The third kappa shape index (κ3) is 2.14. The molecule has 0 aromatic carbocycles. The monoisotopic (exact) mass is 367 g/mol. The van der Waals surface area contributed by atoms with Crippen molar-refractivity contribution in [3.8, 4) is 6.07 Å². The highest BCUT2D eigenvalue weighted by Crippen LogP contribution is 2.70. The second-order valence-electron chi connectivity index (χ2n) is 9.76. The Balaban J connectivity index is 1.68. The van der Waals surface area contributed by atoms with Crippen LogP contribution in [-0.4, -0.2) is 16.9 Å². The van der Waals surface area contributed by atoms with E-state index in [-0.39, 0.29) is 23.7 Å². The van der Waals surface area contributed by atoms with Gasteiger partial charge in [0.25, 0.3) is 0 Å². The van der Waals surface area contributed by atoms with Crippen molar-refractivity contribution >= 4 is 0 Å². The van der Waals surface area contributed by atoms with Crippen LogP contribution in [-0.2, 0) is 0 Å². The van der Waals surface area contributed by atoms with Crippen molar-refractivity contribution in [2.75, 3.05) is 0 Å². The molecule has 0 radical (unpaired) electrons. The van der Waals surface area contributed by atoms with Crippen LogP contribution in [0.25, 0.3) is 0 Å². The number of fused-ring (bicyclic) bond motifs is 5. The molecule has 2 nitrogen and oxygen atoms in total. The standard InChI is InChI=1S/C21H28F3NO/c1-18-11-13(12-25)3-4-14(18)5-6-15-16(18)7-9-19(2)17(15)8-10-20(19,26)21(22,23)24/h3,14-17,26H,4-11H2,1-2H3/t14-,15?,16?,17?,18-,19-,20-/m0/s1. The molecule has 0 heterocycles. The van der Waals surface area contributed by atoms with E-state index in [0.717, 1.165) is 37.7 Å². The quantitative estimate of drug-likeness (QED) is 0.624. The number of hydrogen-bond donors (Lipinski definition) is 1. The van der Waals surface area contributed by atoms with Gasteiger partial charge in [-0.25, -0.2) is 0 Å². The van der Waals surface area contributed by atoms with E-state index >= 15 is 0 Å². The lowest BCUT2D eigenvalue weighted by atomic mass is 9.44. The van der Waals surface area contributed by atoms with E-state index in [0.29, 0.717) is 24.7 Å². The Morgan fingerprint density at radius 1 is 1.12 bits per heavy atom. The summed E-state index contributed by atoms with van der Waals surface area (Å²) < 4.78 is 41.2. The topological polar surface area (TPSA) is 44.0 Å². The molecule has 3 unspecified atom stereocenters. The molecule has 0 amide bonds. The summed E-state index contributed by atoms with van der Waals surface area (Å²) in [5.41, 5.74) is -2.75. The molecule has 4 rings (SSSR count). The predicted octanol–water partition coefficient (Wildman–Crippen LogP) is 5.38. The molecule has 0 spiro atoms. The van der Waals surface area contributed by atoms with Crippen molar-refractivity contribution in [3.63, 3.8) is 0 Å². The fourth-order valence-electron chi connectivity index (χ4n) is 7.53. The number of aliphatic hydroxyl groups is 1. The van der Waals surface area contributed by atoms with Gasteiger partial charge in [0.2, 0.25) is 0 Å². The Hall–Kier alpha value is -1.02. The van der Waals surface area contributed by atoms with Gasteiger partial charge < -0.3 is 5.11 Å². The third-order valence-electron chi connectivity index (χ3n) is 9.05. The molecule has 26 heavy (non-hydrogen) atoms. The van der Waals surface area contributed by atoms with E-state index in [4.69, 9.17) is 0 Å². The molecule has 3 fully saturated rings. The van der Waals surface area contributed by atoms with E-state index in [9.17, 15) is 23.5 Å². The van der Waals surface area contributed by atoms with Crippen LogP contribution >= 0.6 is 0 Å². The van der Waals surface area contributed by atoms with Gasteiger partial charge in [0, 0.05) is 11.0 Å². The van der Waals surface area contributed by atoms with Crippen molar-refractivity contribution in [2.45, 2.75) is 77.0 Å². The lowest BCUT2D eigenvalue weighted by Gasteiger charge is -2.60. The van der Waals surface area contributed by atoms with Gasteiger partial charge in [-0.3, -0.25) is 0 Å². The Kier molecular flexibility index (Phi) is 3.88. The first kappa shape index (κ1) is 18.3. The number of rotatable bonds is 0. The largest absolute Gasteiger partial charge is 0.417 e. The number of hydrogen-bond acceptors (Lipinski definition) is 2. The first-order chi connectivity index (χ1) is 12.1. The number of allylic oxidation sites excluding steroid dienone is 2. The van der Waals surface area contributed by atoms with Crippen LogP contribution in [0.3, 0.4) is 0 Å².